The minimum Gasteiger partial charge on any atom is -0.388 e. The Bertz CT molecular complexity index is 163. The summed E-state index contributed by atoms with van der Waals surface area (Å²) in [5, 5.41) is 9.58. The minimum absolute atomic E-state index is 0.00266. The lowest BCUT2D eigenvalue weighted by atomic mass is 9.87. The molecule has 0 aliphatic rings. The highest BCUT2D eigenvalue weighted by Gasteiger charge is 2.34. The fourth-order valence-corrected chi connectivity index (χ4v) is 0.460. The third-order valence-electron chi connectivity index (χ3n) is 1.91. The third-order valence-corrected chi connectivity index (χ3v) is 1.91. The molecular formula is C7H17N3O. The Hall–Kier alpha value is -0.770. The Morgan fingerprint density at radius 1 is 1.18 bits per heavy atom. The van der Waals surface area contributed by atoms with Gasteiger partial charge in [-0.3, -0.25) is 0 Å². The van der Waals surface area contributed by atoms with Crippen molar-refractivity contribution in [3.63, 3.8) is 0 Å². The van der Waals surface area contributed by atoms with E-state index in [2.05, 4.69) is 4.99 Å². The Balaban J connectivity index is 4.61. The number of hydrogen-bond donors (Lipinski definition) is 3. The highest BCUT2D eigenvalue weighted by atomic mass is 16.3. The van der Waals surface area contributed by atoms with Crippen molar-refractivity contribution in [2.45, 2.75) is 38.8 Å². The van der Waals surface area contributed by atoms with Gasteiger partial charge in [-0.15, -0.1) is 0 Å². The summed E-state index contributed by atoms with van der Waals surface area (Å²) in [5.41, 5.74) is 8.82. The van der Waals surface area contributed by atoms with Gasteiger partial charge in [0.15, 0.2) is 5.96 Å². The summed E-state index contributed by atoms with van der Waals surface area (Å²) in [6.07, 6.45) is 0. The van der Waals surface area contributed by atoms with Crippen LogP contribution in [0.1, 0.15) is 27.7 Å². The van der Waals surface area contributed by atoms with Crippen LogP contribution in [-0.2, 0) is 0 Å². The monoisotopic (exact) mass is 159 g/mol. The van der Waals surface area contributed by atoms with Gasteiger partial charge >= 0.3 is 0 Å². The molecule has 0 atom stereocenters. The van der Waals surface area contributed by atoms with Crippen LogP contribution < -0.4 is 11.5 Å². The van der Waals surface area contributed by atoms with Gasteiger partial charge in [0.05, 0.1) is 11.1 Å². The molecule has 0 saturated heterocycles. The number of aliphatic imine (C=N–C) groups is 1. The topological polar surface area (TPSA) is 84.6 Å². The van der Waals surface area contributed by atoms with Crippen molar-refractivity contribution >= 4 is 5.96 Å². The Morgan fingerprint density at radius 2 is 1.55 bits per heavy atom. The first-order valence-corrected chi connectivity index (χ1v) is 3.50. The van der Waals surface area contributed by atoms with Crippen molar-refractivity contribution in [3.05, 3.63) is 0 Å². The first kappa shape index (κ1) is 10.2. The summed E-state index contributed by atoms with van der Waals surface area (Å²) in [7, 11) is 0. The molecule has 0 bridgehead atoms. The van der Waals surface area contributed by atoms with Crippen LogP contribution in [0.3, 0.4) is 0 Å². The molecule has 0 aromatic carbocycles. The van der Waals surface area contributed by atoms with Gasteiger partial charge in [0, 0.05) is 0 Å². The zero-order valence-corrected chi connectivity index (χ0v) is 7.55. The zero-order valence-electron chi connectivity index (χ0n) is 7.55. The quantitative estimate of drug-likeness (QED) is 0.385. The molecule has 0 amide bonds. The molecule has 0 unspecified atom stereocenters. The van der Waals surface area contributed by atoms with Crippen LogP contribution in [0, 0.1) is 0 Å². The van der Waals surface area contributed by atoms with Gasteiger partial charge in [0.1, 0.15) is 0 Å². The van der Waals surface area contributed by atoms with Crippen LogP contribution in [-0.4, -0.2) is 22.2 Å². The van der Waals surface area contributed by atoms with Gasteiger partial charge in [0.25, 0.3) is 0 Å². The molecule has 0 fully saturated rings. The molecule has 0 aromatic heterocycles. The largest absolute Gasteiger partial charge is 0.388 e. The van der Waals surface area contributed by atoms with Crippen LogP contribution in [0.5, 0.6) is 0 Å². The molecule has 0 radical (unpaired) electrons. The van der Waals surface area contributed by atoms with Crippen molar-refractivity contribution in [2.75, 3.05) is 0 Å². The van der Waals surface area contributed by atoms with Crippen molar-refractivity contribution in [2.24, 2.45) is 16.5 Å². The maximum absolute atomic E-state index is 9.58. The maximum atomic E-state index is 9.58. The normalized spacial score (nSPS) is 12.8. The Kier molecular flexibility index (Phi) is 2.51. The van der Waals surface area contributed by atoms with Crippen molar-refractivity contribution in [1.29, 1.82) is 0 Å². The smallest absolute Gasteiger partial charge is 0.186 e. The van der Waals surface area contributed by atoms with E-state index in [0.29, 0.717) is 0 Å². The van der Waals surface area contributed by atoms with Gasteiger partial charge in [-0.2, -0.15) is 0 Å². The number of nitrogens with two attached hydrogens (primary N) is 2. The highest BCUT2D eigenvalue weighted by Crippen LogP contribution is 2.24. The highest BCUT2D eigenvalue weighted by molar-refractivity contribution is 5.76. The Morgan fingerprint density at radius 3 is 1.64 bits per heavy atom. The van der Waals surface area contributed by atoms with E-state index in [4.69, 9.17) is 11.5 Å². The summed E-state index contributed by atoms with van der Waals surface area (Å²) < 4.78 is 0. The van der Waals surface area contributed by atoms with Crippen LogP contribution in [0.2, 0.25) is 0 Å². The summed E-state index contributed by atoms with van der Waals surface area (Å²) in [4.78, 5) is 3.90. The number of guanidine groups is 1. The number of rotatable bonds is 2. The van der Waals surface area contributed by atoms with E-state index >= 15 is 0 Å². The lowest BCUT2D eigenvalue weighted by Crippen LogP contribution is -2.45. The van der Waals surface area contributed by atoms with Crippen LogP contribution >= 0.6 is 0 Å². The van der Waals surface area contributed by atoms with Crippen LogP contribution in [0.15, 0.2) is 4.99 Å². The second-order valence-electron chi connectivity index (χ2n) is 3.65. The van der Waals surface area contributed by atoms with E-state index in [0.717, 1.165) is 0 Å². The molecule has 0 heterocycles. The molecule has 0 aliphatic carbocycles. The second-order valence-corrected chi connectivity index (χ2v) is 3.65. The molecule has 0 saturated carbocycles. The average Bonchev–Trinajstić information content (AvgIpc) is 1.56. The SMILES string of the molecule is CC(C)(O)C(C)(C)N=C(N)N. The van der Waals surface area contributed by atoms with Crippen molar-refractivity contribution < 1.29 is 5.11 Å². The predicted octanol–water partition coefficient (Wildman–Crippen LogP) is -0.191. The van der Waals surface area contributed by atoms with E-state index < -0.39 is 11.1 Å². The molecule has 11 heavy (non-hydrogen) atoms. The first-order valence-electron chi connectivity index (χ1n) is 3.50. The van der Waals surface area contributed by atoms with Gasteiger partial charge in [-0.05, 0) is 27.7 Å². The molecule has 5 N–H and O–H groups in total. The summed E-state index contributed by atoms with van der Waals surface area (Å²) in [5.74, 6) is -0.00266. The first-order chi connectivity index (χ1) is 4.67. The third kappa shape index (κ3) is 2.76. The lowest BCUT2D eigenvalue weighted by molar-refractivity contribution is 0.0155. The van der Waals surface area contributed by atoms with Gasteiger partial charge < -0.3 is 16.6 Å². The van der Waals surface area contributed by atoms with Gasteiger partial charge in [-0.1, -0.05) is 0 Å². The fourth-order valence-electron chi connectivity index (χ4n) is 0.460. The summed E-state index contributed by atoms with van der Waals surface area (Å²) in [6.45, 7) is 6.87. The number of hydrogen-bond acceptors (Lipinski definition) is 2. The van der Waals surface area contributed by atoms with E-state index in [1.807, 2.05) is 0 Å². The van der Waals surface area contributed by atoms with Crippen LogP contribution in [0.25, 0.3) is 0 Å². The average molecular weight is 159 g/mol. The molecule has 0 aromatic rings. The standard InChI is InChI=1S/C7H17N3O/c1-6(2,7(3,4)11)10-5(8)9/h11H,1-4H3,(H4,8,9,10). The predicted molar refractivity (Wildman–Crippen MR) is 46.2 cm³/mol. The van der Waals surface area contributed by atoms with E-state index in [1.165, 1.54) is 0 Å². The minimum atomic E-state index is -0.920. The van der Waals surface area contributed by atoms with Crippen molar-refractivity contribution in [1.82, 2.24) is 0 Å². The summed E-state index contributed by atoms with van der Waals surface area (Å²) >= 11 is 0. The fraction of sp³-hybridized carbons (Fsp3) is 0.857. The van der Waals surface area contributed by atoms with Crippen LogP contribution in [0.4, 0.5) is 0 Å². The van der Waals surface area contributed by atoms with E-state index in [9.17, 15) is 5.11 Å². The molecular weight excluding hydrogens is 142 g/mol. The zero-order chi connectivity index (χ0) is 9.28. The second kappa shape index (κ2) is 2.70. The molecule has 4 heteroatoms. The summed E-state index contributed by atoms with van der Waals surface area (Å²) in [6, 6.07) is 0. The van der Waals surface area contributed by atoms with Gasteiger partial charge in [-0.25, -0.2) is 4.99 Å². The Labute approximate surface area is 67.3 Å². The molecule has 4 nitrogen and oxygen atoms in total. The van der Waals surface area contributed by atoms with Gasteiger partial charge in [0.2, 0.25) is 0 Å². The van der Waals surface area contributed by atoms with E-state index in [-0.39, 0.29) is 5.96 Å². The van der Waals surface area contributed by atoms with E-state index in [1.54, 1.807) is 27.7 Å². The lowest BCUT2D eigenvalue weighted by Gasteiger charge is -2.33. The van der Waals surface area contributed by atoms with Crippen molar-refractivity contribution in [3.8, 4) is 0 Å². The number of aliphatic hydroxyl groups is 1. The molecule has 66 valence electrons. The maximum Gasteiger partial charge on any atom is 0.186 e. The number of nitrogens with zero attached hydrogens (tertiary/aromatic N) is 1. The molecule has 0 rings (SSSR count). The molecule has 0 aliphatic heterocycles. The molecule has 0 spiro atoms.